The third-order valence-electron chi connectivity index (χ3n) is 5.23. The second-order valence-electron chi connectivity index (χ2n) is 7.19. The van der Waals surface area contributed by atoms with Crippen LogP contribution in [0.25, 0.3) is 5.69 Å². The van der Waals surface area contributed by atoms with Gasteiger partial charge in [0.15, 0.2) is 5.96 Å². The minimum Gasteiger partial charge on any atom is -0.352 e. The van der Waals surface area contributed by atoms with Crippen molar-refractivity contribution in [3.8, 4) is 5.69 Å². The molecule has 2 aromatic carbocycles. The van der Waals surface area contributed by atoms with E-state index in [-0.39, 0.29) is 29.9 Å². The van der Waals surface area contributed by atoms with Gasteiger partial charge in [0.05, 0.1) is 12.0 Å². The molecule has 8 heteroatoms. The predicted molar refractivity (Wildman–Crippen MR) is 134 cm³/mol. The van der Waals surface area contributed by atoms with Crippen molar-refractivity contribution in [1.29, 1.82) is 0 Å². The van der Waals surface area contributed by atoms with Crippen molar-refractivity contribution in [2.24, 2.45) is 4.99 Å². The van der Waals surface area contributed by atoms with Gasteiger partial charge < -0.3 is 20.1 Å². The number of amides is 1. The van der Waals surface area contributed by atoms with Gasteiger partial charge in [0.25, 0.3) is 0 Å². The van der Waals surface area contributed by atoms with Crippen LogP contribution in [0.1, 0.15) is 24.0 Å². The number of anilines is 1. The zero-order valence-corrected chi connectivity index (χ0v) is 19.8. The van der Waals surface area contributed by atoms with E-state index in [0.29, 0.717) is 19.5 Å². The lowest BCUT2D eigenvalue weighted by molar-refractivity contribution is -0.117. The fraction of sp³-hybridized carbons (Fsp3) is 0.261. The Hall–Kier alpha value is -2.88. The van der Waals surface area contributed by atoms with Crippen molar-refractivity contribution in [1.82, 2.24) is 20.2 Å². The molecular weight excluding hydrogens is 503 g/mol. The molecule has 0 unspecified atom stereocenters. The number of aliphatic imine (C=N–C) groups is 1. The Bertz CT molecular complexity index is 1020. The van der Waals surface area contributed by atoms with Crippen molar-refractivity contribution in [2.75, 3.05) is 18.5 Å². The summed E-state index contributed by atoms with van der Waals surface area (Å²) < 4.78 is 2.00. The largest absolute Gasteiger partial charge is 0.352 e. The second kappa shape index (κ2) is 10.9. The standard InChI is InChI=1S/C23H26N6O.HI/c1-24-23(27-16-19-5-2-3-6-21(19)28-14-12-25-17-28)26-15-18-8-10-20(11-9-18)29-13-4-7-22(29)30;/h2-3,5-6,8-12,14,17H,4,7,13,15-16H2,1H3,(H2,24,26,27);1H. The lowest BCUT2D eigenvalue weighted by Gasteiger charge is -2.17. The van der Waals surface area contributed by atoms with Gasteiger partial charge in [0, 0.05) is 51.2 Å². The lowest BCUT2D eigenvalue weighted by Crippen LogP contribution is -2.36. The smallest absolute Gasteiger partial charge is 0.227 e. The molecule has 0 radical (unpaired) electrons. The first-order valence-corrected chi connectivity index (χ1v) is 10.1. The number of nitrogens with one attached hydrogen (secondary N) is 2. The topological polar surface area (TPSA) is 74.6 Å². The summed E-state index contributed by atoms with van der Waals surface area (Å²) in [6, 6.07) is 16.3. The quantitative estimate of drug-likeness (QED) is 0.291. The van der Waals surface area contributed by atoms with Crippen molar-refractivity contribution in [3.63, 3.8) is 0 Å². The molecule has 0 saturated carbocycles. The average molecular weight is 530 g/mol. The highest BCUT2D eigenvalue weighted by Crippen LogP contribution is 2.21. The molecule has 0 aliphatic carbocycles. The first-order chi connectivity index (χ1) is 14.7. The number of para-hydroxylation sites is 1. The highest BCUT2D eigenvalue weighted by molar-refractivity contribution is 14.0. The number of rotatable bonds is 6. The Morgan fingerprint density at radius 1 is 1.10 bits per heavy atom. The van der Waals surface area contributed by atoms with Crippen LogP contribution in [0.5, 0.6) is 0 Å². The number of nitrogens with zero attached hydrogens (tertiary/aromatic N) is 4. The molecule has 1 aromatic heterocycles. The van der Waals surface area contributed by atoms with Crippen LogP contribution in [0.3, 0.4) is 0 Å². The number of hydrogen-bond donors (Lipinski definition) is 2. The van der Waals surface area contributed by atoms with E-state index < -0.39 is 0 Å². The van der Waals surface area contributed by atoms with E-state index in [1.165, 1.54) is 0 Å². The van der Waals surface area contributed by atoms with Crippen molar-refractivity contribution in [2.45, 2.75) is 25.9 Å². The fourth-order valence-corrected chi connectivity index (χ4v) is 3.61. The molecule has 0 spiro atoms. The summed E-state index contributed by atoms with van der Waals surface area (Å²) in [5.41, 5.74) is 4.34. The number of imidazole rings is 1. The van der Waals surface area contributed by atoms with E-state index in [0.717, 1.165) is 41.4 Å². The van der Waals surface area contributed by atoms with Crippen LogP contribution in [0.2, 0.25) is 0 Å². The Morgan fingerprint density at radius 3 is 2.55 bits per heavy atom. The van der Waals surface area contributed by atoms with Crippen LogP contribution in [-0.4, -0.2) is 35.0 Å². The molecule has 1 aliphatic heterocycles. The molecule has 1 saturated heterocycles. The third-order valence-corrected chi connectivity index (χ3v) is 5.23. The number of halogens is 1. The molecule has 2 N–H and O–H groups in total. The maximum absolute atomic E-state index is 11.9. The minimum absolute atomic E-state index is 0. The number of aromatic nitrogens is 2. The van der Waals surface area contributed by atoms with Crippen LogP contribution in [0.4, 0.5) is 5.69 Å². The number of hydrogen-bond acceptors (Lipinski definition) is 3. The molecule has 0 atom stereocenters. The molecule has 0 bridgehead atoms. The predicted octanol–water partition coefficient (Wildman–Crippen LogP) is 3.48. The Morgan fingerprint density at radius 2 is 1.87 bits per heavy atom. The summed E-state index contributed by atoms with van der Waals surface area (Å²) in [5.74, 6) is 0.940. The van der Waals surface area contributed by atoms with E-state index in [2.05, 4.69) is 44.9 Å². The van der Waals surface area contributed by atoms with Crippen LogP contribution < -0.4 is 15.5 Å². The zero-order chi connectivity index (χ0) is 20.8. The van der Waals surface area contributed by atoms with E-state index in [1.54, 1.807) is 19.6 Å². The Labute approximate surface area is 199 Å². The molecular formula is C23H27IN6O. The molecule has 4 rings (SSSR count). The van der Waals surface area contributed by atoms with Gasteiger partial charge >= 0.3 is 0 Å². The molecule has 1 fully saturated rings. The average Bonchev–Trinajstić information content (AvgIpc) is 3.47. The van der Waals surface area contributed by atoms with E-state index in [9.17, 15) is 4.79 Å². The van der Waals surface area contributed by atoms with Crippen LogP contribution >= 0.6 is 24.0 Å². The monoisotopic (exact) mass is 530 g/mol. The highest BCUT2D eigenvalue weighted by atomic mass is 127. The van der Waals surface area contributed by atoms with Gasteiger partial charge in [-0.1, -0.05) is 30.3 Å². The van der Waals surface area contributed by atoms with Crippen LogP contribution in [0.15, 0.2) is 72.2 Å². The lowest BCUT2D eigenvalue weighted by atomic mass is 10.1. The Kier molecular flexibility index (Phi) is 8.05. The summed E-state index contributed by atoms with van der Waals surface area (Å²) in [6.45, 7) is 2.11. The molecule has 3 aromatic rings. The fourth-order valence-electron chi connectivity index (χ4n) is 3.61. The van der Waals surface area contributed by atoms with Gasteiger partial charge in [-0.15, -0.1) is 24.0 Å². The van der Waals surface area contributed by atoms with E-state index in [1.807, 2.05) is 39.9 Å². The Balaban J connectivity index is 0.00000272. The van der Waals surface area contributed by atoms with E-state index >= 15 is 0 Å². The van der Waals surface area contributed by atoms with Gasteiger partial charge in [-0.2, -0.15) is 0 Å². The van der Waals surface area contributed by atoms with Gasteiger partial charge in [0.1, 0.15) is 0 Å². The number of carbonyl (C=O) groups is 1. The first-order valence-electron chi connectivity index (χ1n) is 10.1. The maximum atomic E-state index is 11.9. The van der Waals surface area contributed by atoms with Gasteiger partial charge in [0.2, 0.25) is 5.91 Å². The van der Waals surface area contributed by atoms with Crippen molar-refractivity contribution >= 4 is 41.5 Å². The first kappa shape index (κ1) is 22.8. The summed E-state index contributed by atoms with van der Waals surface area (Å²) in [7, 11) is 1.76. The van der Waals surface area contributed by atoms with E-state index in [4.69, 9.17) is 0 Å². The highest BCUT2D eigenvalue weighted by Gasteiger charge is 2.21. The molecule has 162 valence electrons. The zero-order valence-electron chi connectivity index (χ0n) is 17.5. The van der Waals surface area contributed by atoms with Crippen LogP contribution in [0, 0.1) is 0 Å². The number of carbonyl (C=O) groups excluding carboxylic acids is 1. The minimum atomic E-state index is 0. The van der Waals surface area contributed by atoms with Gasteiger partial charge in [-0.25, -0.2) is 4.98 Å². The normalized spacial score (nSPS) is 13.8. The SMILES string of the molecule is CN=C(NCc1ccc(N2CCCC2=O)cc1)NCc1ccccc1-n1ccnc1.I. The second-order valence-corrected chi connectivity index (χ2v) is 7.19. The van der Waals surface area contributed by atoms with Crippen LogP contribution in [-0.2, 0) is 17.9 Å². The molecule has 1 aliphatic rings. The molecule has 2 heterocycles. The van der Waals surface area contributed by atoms with Gasteiger partial charge in [-0.05, 0) is 35.7 Å². The summed E-state index contributed by atoms with van der Waals surface area (Å²) in [6.07, 6.45) is 7.09. The number of benzene rings is 2. The summed E-state index contributed by atoms with van der Waals surface area (Å²) in [5, 5.41) is 6.72. The van der Waals surface area contributed by atoms with Crippen molar-refractivity contribution < 1.29 is 4.79 Å². The molecule has 31 heavy (non-hydrogen) atoms. The number of guanidine groups is 1. The van der Waals surface area contributed by atoms with Crippen molar-refractivity contribution in [3.05, 3.63) is 78.4 Å². The molecule has 7 nitrogen and oxygen atoms in total. The van der Waals surface area contributed by atoms with Gasteiger partial charge in [-0.3, -0.25) is 9.79 Å². The summed E-state index contributed by atoms with van der Waals surface area (Å²) >= 11 is 0. The summed E-state index contributed by atoms with van der Waals surface area (Å²) in [4.78, 5) is 22.2. The maximum Gasteiger partial charge on any atom is 0.227 e. The third kappa shape index (κ3) is 5.63. The molecule has 1 amide bonds.